The number of rotatable bonds is 5. The molecule has 21 heavy (non-hydrogen) atoms. The number of hydrogen-bond donors (Lipinski definition) is 0. The minimum absolute atomic E-state index is 0. The molecule has 0 N–H and O–H groups in total. The summed E-state index contributed by atoms with van der Waals surface area (Å²) in [7, 11) is 0. The highest BCUT2D eigenvalue weighted by molar-refractivity contribution is 5.19. The highest BCUT2D eigenvalue weighted by Crippen LogP contribution is 2.42. The maximum atomic E-state index is 3.82. The molecule has 0 heterocycles. The van der Waals surface area contributed by atoms with Gasteiger partial charge in [0.2, 0.25) is 0 Å². The lowest BCUT2D eigenvalue weighted by atomic mass is 9.68. The first-order valence-electron chi connectivity index (χ1n) is 8.25. The van der Waals surface area contributed by atoms with Crippen molar-refractivity contribution in [1.82, 2.24) is 0 Å². The average molecular weight is 293 g/mol. The zero-order valence-corrected chi connectivity index (χ0v) is 14.9. The first-order chi connectivity index (χ1) is 9.28. The van der Waals surface area contributed by atoms with Crippen LogP contribution in [0.3, 0.4) is 0 Å². The van der Waals surface area contributed by atoms with E-state index in [1.54, 1.807) is 5.57 Å². The zero-order valence-electron chi connectivity index (χ0n) is 14.9. The maximum absolute atomic E-state index is 3.82. The van der Waals surface area contributed by atoms with Crippen molar-refractivity contribution in [2.24, 2.45) is 16.7 Å². The fourth-order valence-corrected chi connectivity index (χ4v) is 2.90. The smallest absolute Gasteiger partial charge is 0.00255 e. The van der Waals surface area contributed by atoms with E-state index in [2.05, 4.69) is 59.4 Å². The van der Waals surface area contributed by atoms with Crippen LogP contribution in [-0.4, -0.2) is 0 Å². The zero-order chi connectivity index (χ0) is 15.8. The van der Waals surface area contributed by atoms with Gasteiger partial charge in [0.05, 0.1) is 0 Å². The summed E-state index contributed by atoms with van der Waals surface area (Å²) < 4.78 is 0. The van der Waals surface area contributed by atoms with Crippen molar-refractivity contribution < 1.29 is 0 Å². The van der Waals surface area contributed by atoms with E-state index in [1.165, 1.54) is 19.3 Å². The molecule has 1 aliphatic rings. The van der Waals surface area contributed by atoms with Gasteiger partial charge in [-0.15, -0.1) is 6.58 Å². The third-order valence-corrected chi connectivity index (χ3v) is 4.32. The average Bonchev–Trinajstić information content (AvgIpc) is 2.37. The van der Waals surface area contributed by atoms with Crippen LogP contribution < -0.4 is 0 Å². The molecule has 1 unspecified atom stereocenters. The molecule has 0 saturated carbocycles. The van der Waals surface area contributed by atoms with Crippen LogP contribution in [0.15, 0.2) is 36.5 Å². The van der Waals surface area contributed by atoms with Gasteiger partial charge in [-0.1, -0.05) is 78.8 Å². The SMILES string of the molecule is C.C=CCCC(C)(C)/C=C/C1C(C)=CCCC1(C)C.CC. The van der Waals surface area contributed by atoms with Gasteiger partial charge in [0.25, 0.3) is 0 Å². The van der Waals surface area contributed by atoms with E-state index in [-0.39, 0.29) is 12.8 Å². The summed E-state index contributed by atoms with van der Waals surface area (Å²) >= 11 is 0. The van der Waals surface area contributed by atoms with Crippen LogP contribution in [0, 0.1) is 16.7 Å². The Morgan fingerprint density at radius 3 is 2.38 bits per heavy atom. The molecule has 1 rings (SSSR count). The molecule has 0 spiro atoms. The molecule has 0 bridgehead atoms. The Hall–Kier alpha value is -0.780. The molecule has 0 aliphatic heterocycles. The fourth-order valence-electron chi connectivity index (χ4n) is 2.90. The van der Waals surface area contributed by atoms with E-state index in [1.807, 2.05) is 19.9 Å². The molecule has 0 aromatic heterocycles. The lowest BCUT2D eigenvalue weighted by molar-refractivity contribution is 0.253. The minimum Gasteiger partial charge on any atom is -0.103 e. The van der Waals surface area contributed by atoms with Crippen LogP contribution in [0.25, 0.3) is 0 Å². The van der Waals surface area contributed by atoms with Gasteiger partial charge in [0.1, 0.15) is 0 Å². The van der Waals surface area contributed by atoms with Gasteiger partial charge in [-0.25, -0.2) is 0 Å². The summed E-state index contributed by atoms with van der Waals surface area (Å²) in [6.07, 6.45) is 14.1. The van der Waals surface area contributed by atoms with Gasteiger partial charge in [-0.3, -0.25) is 0 Å². The molecule has 0 fully saturated rings. The predicted molar refractivity (Wildman–Crippen MR) is 101 cm³/mol. The van der Waals surface area contributed by atoms with Crippen molar-refractivity contribution in [2.75, 3.05) is 0 Å². The highest BCUT2D eigenvalue weighted by atomic mass is 14.4. The summed E-state index contributed by atoms with van der Waals surface area (Å²) in [6.45, 7) is 19.5. The molecule has 0 nitrogen and oxygen atoms in total. The van der Waals surface area contributed by atoms with Crippen molar-refractivity contribution >= 4 is 0 Å². The van der Waals surface area contributed by atoms with Gasteiger partial charge in [-0.2, -0.15) is 0 Å². The standard InChI is InChI=1S/C18H30.C2H6.CH4/c1-7-8-12-17(3,4)14-11-16-15(2)10-9-13-18(16,5)6;1-2;/h7,10-11,14,16H,1,8-9,12-13H2,2-6H3;1-2H3;1H4/b14-11+;;. The van der Waals surface area contributed by atoms with Crippen LogP contribution in [0.4, 0.5) is 0 Å². The van der Waals surface area contributed by atoms with Crippen molar-refractivity contribution in [1.29, 1.82) is 0 Å². The van der Waals surface area contributed by atoms with E-state index in [4.69, 9.17) is 0 Å². The molecule has 0 heteroatoms. The van der Waals surface area contributed by atoms with Crippen molar-refractivity contribution in [3.8, 4) is 0 Å². The van der Waals surface area contributed by atoms with E-state index < -0.39 is 0 Å². The van der Waals surface area contributed by atoms with Crippen LogP contribution in [0.5, 0.6) is 0 Å². The molecule has 124 valence electrons. The Labute approximate surface area is 135 Å². The lowest BCUT2D eigenvalue weighted by Crippen LogP contribution is -2.26. The second kappa shape index (κ2) is 10.0. The normalized spacial score (nSPS) is 20.9. The summed E-state index contributed by atoms with van der Waals surface area (Å²) in [5.74, 6) is 0.606. The third kappa shape index (κ3) is 7.69. The molecule has 0 saturated heterocycles. The molecular formula is C21H40. The highest BCUT2D eigenvalue weighted by Gasteiger charge is 2.31. The molecular weight excluding hydrogens is 252 g/mol. The largest absolute Gasteiger partial charge is 0.103 e. The van der Waals surface area contributed by atoms with Crippen LogP contribution in [-0.2, 0) is 0 Å². The Morgan fingerprint density at radius 2 is 1.90 bits per heavy atom. The molecule has 1 aliphatic carbocycles. The topological polar surface area (TPSA) is 0 Å². The first-order valence-corrected chi connectivity index (χ1v) is 8.25. The van der Waals surface area contributed by atoms with Gasteiger partial charge >= 0.3 is 0 Å². The molecule has 0 amide bonds. The number of allylic oxidation sites excluding steroid dienone is 5. The monoisotopic (exact) mass is 292 g/mol. The molecule has 1 atom stereocenters. The lowest BCUT2D eigenvalue weighted by Gasteiger charge is -2.37. The summed E-state index contributed by atoms with van der Waals surface area (Å²) in [5, 5.41) is 0. The van der Waals surface area contributed by atoms with E-state index in [9.17, 15) is 0 Å². The van der Waals surface area contributed by atoms with Crippen LogP contribution in [0.1, 0.15) is 81.6 Å². The van der Waals surface area contributed by atoms with Crippen molar-refractivity contribution in [2.45, 2.75) is 81.6 Å². The molecule has 0 radical (unpaired) electrons. The van der Waals surface area contributed by atoms with Crippen molar-refractivity contribution in [3.05, 3.63) is 36.5 Å². The molecule has 0 aromatic carbocycles. The summed E-state index contributed by atoms with van der Waals surface area (Å²) in [5.41, 5.74) is 2.23. The Balaban J connectivity index is 0. The Bertz CT molecular complexity index is 339. The van der Waals surface area contributed by atoms with Gasteiger partial charge in [-0.05, 0) is 43.4 Å². The van der Waals surface area contributed by atoms with Gasteiger partial charge in [0.15, 0.2) is 0 Å². The van der Waals surface area contributed by atoms with Gasteiger partial charge < -0.3 is 0 Å². The Morgan fingerprint density at radius 1 is 1.33 bits per heavy atom. The fraction of sp³-hybridized carbons (Fsp3) is 0.714. The van der Waals surface area contributed by atoms with Crippen LogP contribution >= 0.6 is 0 Å². The second-order valence-corrected chi connectivity index (χ2v) is 7.13. The predicted octanol–water partition coefficient (Wildman–Crippen LogP) is 7.58. The molecule has 0 aromatic rings. The summed E-state index contributed by atoms with van der Waals surface area (Å²) in [6, 6.07) is 0. The van der Waals surface area contributed by atoms with Crippen molar-refractivity contribution in [3.63, 3.8) is 0 Å². The minimum atomic E-state index is 0. The van der Waals surface area contributed by atoms with Gasteiger partial charge in [0, 0.05) is 5.92 Å². The third-order valence-electron chi connectivity index (χ3n) is 4.32. The van der Waals surface area contributed by atoms with Crippen LogP contribution in [0.2, 0.25) is 0 Å². The first kappa shape index (κ1) is 22.5. The van der Waals surface area contributed by atoms with E-state index >= 15 is 0 Å². The van der Waals surface area contributed by atoms with E-state index in [0.717, 1.165) is 6.42 Å². The second-order valence-electron chi connectivity index (χ2n) is 7.13. The quantitative estimate of drug-likeness (QED) is 0.458. The van der Waals surface area contributed by atoms with E-state index in [0.29, 0.717) is 11.3 Å². The Kier molecular flexibility index (Phi) is 10.7. The number of hydrogen-bond acceptors (Lipinski definition) is 0. The maximum Gasteiger partial charge on any atom is 0.00255 e. The summed E-state index contributed by atoms with van der Waals surface area (Å²) in [4.78, 5) is 0.